The summed E-state index contributed by atoms with van der Waals surface area (Å²) < 4.78 is 0. The number of nitrogens with zero attached hydrogens (tertiary/aromatic N) is 1. The zero-order valence-electron chi connectivity index (χ0n) is 29.3. The van der Waals surface area contributed by atoms with Gasteiger partial charge in [-0.15, -0.1) is 0 Å². The number of benzene rings is 6. The molecule has 0 saturated heterocycles. The maximum atomic E-state index is 2.51. The Morgan fingerprint density at radius 1 is 0.540 bits per heavy atom. The maximum absolute atomic E-state index is 2.51. The van der Waals surface area contributed by atoms with Crippen LogP contribution in [0.25, 0.3) is 55.8 Å². The third-order valence-electron chi connectivity index (χ3n) is 10.4. The lowest BCUT2D eigenvalue weighted by Crippen LogP contribution is -2.20. The first kappa shape index (κ1) is 31.8. The first-order valence-electron chi connectivity index (χ1n) is 18.4. The molecule has 2 aliphatic rings. The van der Waals surface area contributed by atoms with E-state index in [1.165, 1.54) is 77.8 Å². The quantitative estimate of drug-likeness (QED) is 0.151. The topological polar surface area (TPSA) is 3.24 Å². The Balaban J connectivity index is 1.19. The van der Waals surface area contributed by atoms with Crippen LogP contribution in [0.5, 0.6) is 0 Å². The fourth-order valence-corrected chi connectivity index (χ4v) is 7.62. The molecule has 0 atom stereocenters. The fourth-order valence-electron chi connectivity index (χ4n) is 7.62. The fraction of sp³-hybridized carbons (Fsp3) is 0.184. The molecule has 0 radical (unpaired) electrons. The van der Waals surface area contributed by atoms with E-state index >= 15 is 0 Å². The van der Waals surface area contributed by atoms with Gasteiger partial charge in [0.25, 0.3) is 0 Å². The molecule has 0 N–H and O–H groups in total. The Morgan fingerprint density at radius 3 is 1.96 bits per heavy atom. The molecule has 50 heavy (non-hydrogen) atoms. The van der Waals surface area contributed by atoms with Crippen molar-refractivity contribution in [1.29, 1.82) is 0 Å². The van der Waals surface area contributed by atoms with E-state index in [9.17, 15) is 0 Å². The number of anilines is 2. The molecular formula is C49H45N. The molecule has 0 aliphatic heterocycles. The van der Waals surface area contributed by atoms with Crippen molar-refractivity contribution in [2.75, 3.05) is 11.4 Å². The molecule has 246 valence electrons. The lowest BCUT2D eigenvalue weighted by atomic mass is 9.85. The normalized spacial score (nSPS) is 13.8. The predicted octanol–water partition coefficient (Wildman–Crippen LogP) is 13.7. The highest BCUT2D eigenvalue weighted by Gasteiger charge is 2.19. The molecule has 0 heterocycles. The molecule has 1 nitrogen and oxygen atoms in total. The number of hydrogen-bond acceptors (Lipinski definition) is 1. The highest BCUT2D eigenvalue weighted by Crippen LogP contribution is 2.42. The molecule has 0 spiro atoms. The lowest BCUT2D eigenvalue weighted by molar-refractivity contribution is 0.591. The summed E-state index contributed by atoms with van der Waals surface area (Å²) in [6.45, 7) is 5.59. The van der Waals surface area contributed by atoms with E-state index < -0.39 is 0 Å². The first-order chi connectivity index (χ1) is 24.6. The summed E-state index contributed by atoms with van der Waals surface area (Å²) in [5, 5.41) is 2.66. The Morgan fingerprint density at radius 2 is 1.22 bits per heavy atom. The molecule has 0 saturated carbocycles. The largest absolute Gasteiger partial charge is 0.341 e. The Labute approximate surface area is 297 Å². The summed E-state index contributed by atoms with van der Waals surface area (Å²) in [5.41, 5.74) is 15.5. The van der Waals surface area contributed by atoms with Crippen molar-refractivity contribution in [1.82, 2.24) is 0 Å². The summed E-state index contributed by atoms with van der Waals surface area (Å²) in [6, 6.07) is 47.7. The standard InChI is InChI=1S/C49H45N/c1-35(2)31-32-50(42-27-25-39(26-28-42)38-23-21-37(22-24-38)36-13-5-3-6-14-36)43-29-30-47(48(34-43)40-15-7-4-8-16-40)49-33-41-17-9-10-18-44(41)45-19-11-12-20-46(45)49/h4-5,7-8,10-16,18-30,33-35H,3,6,9,17,31-32H2,1-2H3. The van der Waals surface area contributed by atoms with Gasteiger partial charge in [0.05, 0.1) is 0 Å². The molecule has 6 aromatic rings. The van der Waals surface area contributed by atoms with E-state index in [0.717, 1.165) is 38.6 Å². The van der Waals surface area contributed by atoms with Gasteiger partial charge in [-0.2, -0.15) is 0 Å². The highest BCUT2D eigenvalue weighted by molar-refractivity contribution is 6.05. The molecule has 8 rings (SSSR count). The summed E-state index contributed by atoms with van der Waals surface area (Å²) in [5.74, 6) is 0.605. The second-order valence-corrected chi connectivity index (χ2v) is 14.2. The zero-order chi connectivity index (χ0) is 33.9. The van der Waals surface area contributed by atoms with Crippen LogP contribution < -0.4 is 4.90 Å². The molecule has 0 fully saturated rings. The van der Waals surface area contributed by atoms with E-state index in [4.69, 9.17) is 0 Å². The van der Waals surface area contributed by atoms with Crippen molar-refractivity contribution in [3.05, 3.63) is 168 Å². The maximum Gasteiger partial charge on any atom is 0.0417 e. The number of aryl methyl sites for hydroxylation is 1. The third kappa shape index (κ3) is 6.49. The van der Waals surface area contributed by atoms with Gasteiger partial charge in [-0.1, -0.05) is 141 Å². The van der Waals surface area contributed by atoms with E-state index in [1.807, 2.05) is 0 Å². The minimum absolute atomic E-state index is 0.605. The van der Waals surface area contributed by atoms with Gasteiger partial charge < -0.3 is 4.90 Å². The third-order valence-corrected chi connectivity index (χ3v) is 10.4. The monoisotopic (exact) mass is 647 g/mol. The average Bonchev–Trinajstić information content (AvgIpc) is 3.18. The smallest absolute Gasteiger partial charge is 0.0417 e. The van der Waals surface area contributed by atoms with E-state index in [0.29, 0.717) is 5.92 Å². The molecule has 6 aromatic carbocycles. The first-order valence-corrected chi connectivity index (χ1v) is 18.4. The molecule has 2 aliphatic carbocycles. The molecule has 0 unspecified atom stereocenters. The van der Waals surface area contributed by atoms with Gasteiger partial charge in [-0.3, -0.25) is 0 Å². The van der Waals surface area contributed by atoms with E-state index in [1.54, 1.807) is 0 Å². The number of allylic oxidation sites excluding steroid dienone is 5. The van der Waals surface area contributed by atoms with Crippen LogP contribution in [0.1, 0.15) is 56.2 Å². The van der Waals surface area contributed by atoms with Crippen LogP contribution in [0, 0.1) is 5.92 Å². The molecular weight excluding hydrogens is 603 g/mol. The van der Waals surface area contributed by atoms with Crippen molar-refractivity contribution in [3.63, 3.8) is 0 Å². The van der Waals surface area contributed by atoms with Crippen molar-refractivity contribution in [2.24, 2.45) is 5.92 Å². The van der Waals surface area contributed by atoms with Crippen LogP contribution in [-0.4, -0.2) is 6.54 Å². The Bertz CT molecular complexity index is 2210. The molecule has 0 amide bonds. The van der Waals surface area contributed by atoms with E-state index in [2.05, 4.69) is 177 Å². The molecule has 0 bridgehead atoms. The van der Waals surface area contributed by atoms with Crippen LogP contribution in [0.4, 0.5) is 11.4 Å². The summed E-state index contributed by atoms with van der Waals surface area (Å²) >= 11 is 0. The van der Waals surface area contributed by atoms with Gasteiger partial charge in [-0.25, -0.2) is 0 Å². The van der Waals surface area contributed by atoms with Crippen LogP contribution in [0.15, 0.2) is 152 Å². The average molecular weight is 648 g/mol. The summed E-state index contributed by atoms with van der Waals surface area (Å²) in [6.07, 6.45) is 17.1. The molecule has 0 aromatic heterocycles. The lowest BCUT2D eigenvalue weighted by Gasteiger charge is -2.28. The Kier molecular flexibility index (Phi) is 9.05. The SMILES string of the molecule is CC(C)CCN(c1ccc(-c2ccc(C3=CCCC=C3)cc2)cc1)c1ccc(-c2cc3c(c4ccccc24)C=CCC3)c(-c2ccccc2)c1. The second kappa shape index (κ2) is 14.2. The van der Waals surface area contributed by atoms with Crippen LogP contribution in [0.3, 0.4) is 0 Å². The van der Waals surface area contributed by atoms with Crippen LogP contribution in [-0.2, 0) is 6.42 Å². The van der Waals surface area contributed by atoms with Gasteiger partial charge >= 0.3 is 0 Å². The van der Waals surface area contributed by atoms with Crippen LogP contribution >= 0.6 is 0 Å². The molecule has 1 heteroatoms. The number of hydrogen-bond donors (Lipinski definition) is 0. The number of fused-ring (bicyclic) bond motifs is 3. The van der Waals surface area contributed by atoms with Crippen molar-refractivity contribution in [2.45, 2.75) is 46.0 Å². The Hall–Kier alpha value is -5.40. The van der Waals surface area contributed by atoms with Gasteiger partial charge in [0.2, 0.25) is 0 Å². The minimum atomic E-state index is 0.605. The van der Waals surface area contributed by atoms with Gasteiger partial charge in [-0.05, 0) is 135 Å². The summed E-state index contributed by atoms with van der Waals surface area (Å²) in [4.78, 5) is 2.51. The van der Waals surface area contributed by atoms with Gasteiger partial charge in [0, 0.05) is 17.9 Å². The van der Waals surface area contributed by atoms with Crippen molar-refractivity contribution >= 4 is 33.8 Å². The predicted molar refractivity (Wildman–Crippen MR) is 217 cm³/mol. The van der Waals surface area contributed by atoms with Gasteiger partial charge in [0.15, 0.2) is 0 Å². The number of rotatable bonds is 9. The summed E-state index contributed by atoms with van der Waals surface area (Å²) in [7, 11) is 0. The van der Waals surface area contributed by atoms with Crippen molar-refractivity contribution in [3.8, 4) is 33.4 Å². The highest BCUT2D eigenvalue weighted by atomic mass is 15.1. The van der Waals surface area contributed by atoms with Gasteiger partial charge in [0.1, 0.15) is 0 Å². The zero-order valence-corrected chi connectivity index (χ0v) is 29.3. The minimum Gasteiger partial charge on any atom is -0.341 e. The van der Waals surface area contributed by atoms with E-state index in [-0.39, 0.29) is 0 Å². The second-order valence-electron chi connectivity index (χ2n) is 14.2. The van der Waals surface area contributed by atoms with Crippen molar-refractivity contribution < 1.29 is 0 Å². The van der Waals surface area contributed by atoms with Crippen LogP contribution in [0.2, 0.25) is 0 Å².